The van der Waals surface area contributed by atoms with E-state index in [-0.39, 0.29) is 12.5 Å². The number of ether oxygens (including phenoxy) is 1. The SMILES string of the molecule is CCOC(=O)Nc1cccc(C(=O)Nc2ncc(Cc3ccccc3Cl)s2)c1. The van der Waals surface area contributed by atoms with Gasteiger partial charge in [-0.3, -0.25) is 15.4 Å². The van der Waals surface area contributed by atoms with Crippen LogP contribution in [0.25, 0.3) is 0 Å². The lowest BCUT2D eigenvalue weighted by atomic mass is 10.1. The predicted octanol–water partition coefficient (Wildman–Crippen LogP) is 5.21. The summed E-state index contributed by atoms with van der Waals surface area (Å²) in [6.07, 6.45) is 1.80. The molecule has 0 fully saturated rings. The molecule has 0 aliphatic carbocycles. The fourth-order valence-electron chi connectivity index (χ4n) is 2.47. The van der Waals surface area contributed by atoms with Gasteiger partial charge in [-0.15, -0.1) is 11.3 Å². The van der Waals surface area contributed by atoms with Crippen LogP contribution in [0.1, 0.15) is 27.7 Å². The van der Waals surface area contributed by atoms with Gasteiger partial charge in [0, 0.05) is 33.8 Å². The summed E-state index contributed by atoms with van der Waals surface area (Å²) >= 11 is 7.58. The zero-order chi connectivity index (χ0) is 19.9. The zero-order valence-corrected chi connectivity index (χ0v) is 16.6. The van der Waals surface area contributed by atoms with Gasteiger partial charge in [0.05, 0.1) is 6.61 Å². The number of benzene rings is 2. The van der Waals surface area contributed by atoms with Crippen LogP contribution >= 0.6 is 22.9 Å². The molecule has 2 amide bonds. The van der Waals surface area contributed by atoms with Gasteiger partial charge in [0.1, 0.15) is 0 Å². The summed E-state index contributed by atoms with van der Waals surface area (Å²) in [7, 11) is 0. The quantitative estimate of drug-likeness (QED) is 0.579. The smallest absolute Gasteiger partial charge is 0.411 e. The highest BCUT2D eigenvalue weighted by Crippen LogP contribution is 2.25. The second-order valence-corrected chi connectivity index (χ2v) is 7.30. The van der Waals surface area contributed by atoms with Gasteiger partial charge in [-0.2, -0.15) is 0 Å². The van der Waals surface area contributed by atoms with Crippen molar-refractivity contribution in [1.29, 1.82) is 0 Å². The molecule has 8 heteroatoms. The molecule has 28 heavy (non-hydrogen) atoms. The minimum atomic E-state index is -0.566. The van der Waals surface area contributed by atoms with Crippen LogP contribution < -0.4 is 10.6 Å². The highest BCUT2D eigenvalue weighted by Gasteiger charge is 2.12. The standard InChI is InChI=1S/C20H18ClN3O3S/c1-2-27-20(26)23-15-8-5-7-14(10-15)18(25)24-19-22-12-16(28-19)11-13-6-3-4-9-17(13)21/h3-10,12H,2,11H2,1H3,(H,23,26)(H,22,24,25). The van der Waals surface area contributed by atoms with Crippen LogP contribution in [0.3, 0.4) is 0 Å². The molecule has 0 bridgehead atoms. The summed E-state index contributed by atoms with van der Waals surface area (Å²) in [6.45, 7) is 1.99. The van der Waals surface area contributed by atoms with Gasteiger partial charge in [-0.25, -0.2) is 9.78 Å². The molecule has 0 saturated carbocycles. The van der Waals surface area contributed by atoms with Gasteiger partial charge in [-0.1, -0.05) is 35.9 Å². The molecule has 0 spiro atoms. The molecule has 2 N–H and O–H groups in total. The first-order chi connectivity index (χ1) is 13.5. The predicted molar refractivity (Wildman–Crippen MR) is 111 cm³/mol. The third-order valence-corrected chi connectivity index (χ3v) is 5.02. The molecule has 6 nitrogen and oxygen atoms in total. The third-order valence-electron chi connectivity index (χ3n) is 3.74. The third kappa shape index (κ3) is 5.31. The van der Waals surface area contributed by atoms with Gasteiger partial charge in [-0.05, 0) is 36.8 Å². The number of rotatable bonds is 6. The number of carbonyl (C=O) groups excluding carboxylic acids is 2. The van der Waals surface area contributed by atoms with Crippen molar-refractivity contribution in [3.63, 3.8) is 0 Å². The molecule has 0 aliphatic rings. The average molecular weight is 416 g/mol. The summed E-state index contributed by atoms with van der Waals surface area (Å²) < 4.78 is 4.83. The largest absolute Gasteiger partial charge is 0.450 e. The fourth-order valence-corrected chi connectivity index (χ4v) is 3.50. The molecular formula is C20H18ClN3O3S. The number of carbonyl (C=O) groups is 2. The molecular weight excluding hydrogens is 398 g/mol. The number of aromatic nitrogens is 1. The topological polar surface area (TPSA) is 80.3 Å². The minimum Gasteiger partial charge on any atom is -0.450 e. The summed E-state index contributed by atoms with van der Waals surface area (Å²) in [6, 6.07) is 14.2. The Labute approximate surface area is 171 Å². The first kappa shape index (κ1) is 19.9. The number of nitrogens with one attached hydrogen (secondary N) is 2. The summed E-state index contributed by atoms with van der Waals surface area (Å²) in [5.41, 5.74) is 1.88. The van der Waals surface area contributed by atoms with E-state index in [9.17, 15) is 9.59 Å². The Balaban J connectivity index is 1.64. The van der Waals surface area contributed by atoms with E-state index in [4.69, 9.17) is 16.3 Å². The van der Waals surface area contributed by atoms with Crippen LogP contribution in [0, 0.1) is 0 Å². The van der Waals surface area contributed by atoms with Crippen molar-refractivity contribution in [2.24, 2.45) is 0 Å². The van der Waals surface area contributed by atoms with E-state index in [0.29, 0.717) is 27.8 Å². The van der Waals surface area contributed by atoms with Gasteiger partial charge in [0.25, 0.3) is 5.91 Å². The van der Waals surface area contributed by atoms with Crippen molar-refractivity contribution >= 4 is 45.8 Å². The minimum absolute atomic E-state index is 0.270. The number of amides is 2. The zero-order valence-electron chi connectivity index (χ0n) is 15.1. The van der Waals surface area contributed by atoms with Crippen molar-refractivity contribution < 1.29 is 14.3 Å². The number of nitrogens with zero attached hydrogens (tertiary/aromatic N) is 1. The number of hydrogen-bond donors (Lipinski definition) is 2. The molecule has 3 rings (SSSR count). The highest BCUT2D eigenvalue weighted by molar-refractivity contribution is 7.15. The normalized spacial score (nSPS) is 10.4. The molecule has 0 radical (unpaired) electrons. The van der Waals surface area contributed by atoms with Crippen molar-refractivity contribution in [2.45, 2.75) is 13.3 Å². The number of thiazole rings is 1. The second-order valence-electron chi connectivity index (χ2n) is 5.78. The van der Waals surface area contributed by atoms with E-state index < -0.39 is 6.09 Å². The van der Waals surface area contributed by atoms with Crippen LogP contribution in [0.2, 0.25) is 5.02 Å². The first-order valence-electron chi connectivity index (χ1n) is 8.58. The maximum Gasteiger partial charge on any atom is 0.411 e. The van der Waals surface area contributed by atoms with Crippen molar-refractivity contribution in [3.8, 4) is 0 Å². The van der Waals surface area contributed by atoms with E-state index in [0.717, 1.165) is 10.4 Å². The van der Waals surface area contributed by atoms with Crippen molar-refractivity contribution in [3.05, 3.63) is 75.8 Å². The molecule has 0 saturated heterocycles. The fraction of sp³-hybridized carbons (Fsp3) is 0.150. The number of halogens is 1. The van der Waals surface area contributed by atoms with E-state index in [2.05, 4.69) is 15.6 Å². The Morgan fingerprint density at radius 2 is 1.96 bits per heavy atom. The van der Waals surface area contributed by atoms with Crippen LogP contribution in [0.5, 0.6) is 0 Å². The maximum absolute atomic E-state index is 12.5. The number of hydrogen-bond acceptors (Lipinski definition) is 5. The van der Waals surface area contributed by atoms with E-state index >= 15 is 0 Å². The summed E-state index contributed by atoms with van der Waals surface area (Å²) in [5.74, 6) is -0.314. The Bertz CT molecular complexity index is 990. The van der Waals surface area contributed by atoms with E-state index in [1.165, 1.54) is 11.3 Å². The molecule has 144 valence electrons. The van der Waals surface area contributed by atoms with Crippen LogP contribution in [0.4, 0.5) is 15.6 Å². The average Bonchev–Trinajstić information content (AvgIpc) is 3.11. The Hall–Kier alpha value is -2.90. The molecule has 3 aromatic rings. The van der Waals surface area contributed by atoms with Gasteiger partial charge < -0.3 is 4.74 Å². The summed E-state index contributed by atoms with van der Waals surface area (Å²) in [4.78, 5) is 29.2. The monoisotopic (exact) mass is 415 g/mol. The first-order valence-corrected chi connectivity index (χ1v) is 9.78. The molecule has 1 heterocycles. The number of anilines is 2. The van der Waals surface area contributed by atoms with Crippen LogP contribution in [0.15, 0.2) is 54.7 Å². The lowest BCUT2D eigenvalue weighted by Gasteiger charge is -2.07. The highest BCUT2D eigenvalue weighted by atomic mass is 35.5. The van der Waals surface area contributed by atoms with Crippen LogP contribution in [-0.2, 0) is 11.2 Å². The van der Waals surface area contributed by atoms with Gasteiger partial charge in [0.15, 0.2) is 5.13 Å². The van der Waals surface area contributed by atoms with Gasteiger partial charge in [0.2, 0.25) is 0 Å². The lowest BCUT2D eigenvalue weighted by molar-refractivity contribution is 0.102. The van der Waals surface area contributed by atoms with E-state index in [1.807, 2.05) is 24.3 Å². The Morgan fingerprint density at radius 3 is 2.75 bits per heavy atom. The second kappa shape index (κ2) is 9.34. The Morgan fingerprint density at radius 1 is 1.14 bits per heavy atom. The van der Waals surface area contributed by atoms with Crippen molar-refractivity contribution in [2.75, 3.05) is 17.2 Å². The maximum atomic E-state index is 12.5. The van der Waals surface area contributed by atoms with Crippen LogP contribution in [-0.4, -0.2) is 23.6 Å². The van der Waals surface area contributed by atoms with Crippen molar-refractivity contribution in [1.82, 2.24) is 4.98 Å². The lowest BCUT2D eigenvalue weighted by Crippen LogP contribution is -2.15. The van der Waals surface area contributed by atoms with Gasteiger partial charge >= 0.3 is 6.09 Å². The molecule has 0 aliphatic heterocycles. The van der Waals surface area contributed by atoms with E-state index in [1.54, 1.807) is 37.4 Å². The molecule has 2 aromatic carbocycles. The molecule has 0 atom stereocenters. The Kier molecular flexibility index (Phi) is 6.62. The summed E-state index contributed by atoms with van der Waals surface area (Å²) in [5, 5.41) is 6.55. The molecule has 1 aromatic heterocycles. The molecule has 0 unspecified atom stereocenters.